The number of rotatable bonds is 5. The van der Waals surface area contributed by atoms with E-state index in [0.29, 0.717) is 0 Å². The van der Waals surface area contributed by atoms with Crippen molar-refractivity contribution in [3.8, 4) is 33.4 Å². The molecule has 1 aromatic heterocycles. The van der Waals surface area contributed by atoms with Gasteiger partial charge in [0.15, 0.2) is 0 Å². The number of hydrogen-bond acceptors (Lipinski definition) is 2. The summed E-state index contributed by atoms with van der Waals surface area (Å²) in [5, 5.41) is 2.64. The first-order valence-electron chi connectivity index (χ1n) is 17.1. The van der Waals surface area contributed by atoms with Crippen molar-refractivity contribution in [2.45, 2.75) is 33.1 Å². The third-order valence-corrected chi connectivity index (χ3v) is 11.6. The predicted molar refractivity (Wildman–Crippen MR) is 212 cm³/mol. The number of aryl methyl sites for hydroxylation is 2. The van der Waals surface area contributed by atoms with Crippen LogP contribution in [0.3, 0.4) is 0 Å². The first-order chi connectivity index (χ1) is 23.9. The summed E-state index contributed by atoms with van der Waals surface area (Å²) >= 11 is 1.87. The lowest BCUT2D eigenvalue weighted by Gasteiger charge is -2.30. The minimum atomic E-state index is -0.0817. The van der Waals surface area contributed by atoms with E-state index in [4.69, 9.17) is 0 Å². The molecule has 9 rings (SSSR count). The molecule has 49 heavy (non-hydrogen) atoms. The number of benzene rings is 7. The van der Waals surface area contributed by atoms with Crippen LogP contribution in [0.2, 0.25) is 0 Å². The van der Waals surface area contributed by atoms with Crippen LogP contribution in [0.25, 0.3) is 53.6 Å². The van der Waals surface area contributed by atoms with Crippen LogP contribution in [-0.4, -0.2) is 0 Å². The summed E-state index contributed by atoms with van der Waals surface area (Å²) in [7, 11) is 0. The van der Waals surface area contributed by atoms with E-state index in [1.807, 2.05) is 11.3 Å². The molecule has 1 aliphatic rings. The summed E-state index contributed by atoms with van der Waals surface area (Å²) in [6, 6.07) is 56.1. The fourth-order valence-electron chi connectivity index (χ4n) is 7.96. The monoisotopic (exact) mass is 647 g/mol. The van der Waals surface area contributed by atoms with Gasteiger partial charge in [-0.25, -0.2) is 0 Å². The SMILES string of the molecule is Cc1cc(N(c2ccc3c(c2)C(C)(C)c2ccccc2-3)c2ccc3c(c2)sc2ccccc23)c(C)cc1-c1cccc(-c2ccccc2)c1. The van der Waals surface area contributed by atoms with Gasteiger partial charge in [-0.15, -0.1) is 11.3 Å². The van der Waals surface area contributed by atoms with E-state index in [1.54, 1.807) is 0 Å². The van der Waals surface area contributed by atoms with Crippen molar-refractivity contribution in [3.63, 3.8) is 0 Å². The summed E-state index contributed by atoms with van der Waals surface area (Å²) < 4.78 is 2.63. The highest BCUT2D eigenvalue weighted by molar-refractivity contribution is 7.25. The van der Waals surface area contributed by atoms with E-state index in [0.717, 1.165) is 0 Å². The van der Waals surface area contributed by atoms with Crippen molar-refractivity contribution in [1.29, 1.82) is 0 Å². The van der Waals surface area contributed by atoms with Crippen molar-refractivity contribution >= 4 is 48.6 Å². The number of thiophene rings is 1. The molecule has 0 aliphatic heterocycles. The third-order valence-electron chi connectivity index (χ3n) is 10.5. The van der Waals surface area contributed by atoms with E-state index in [1.165, 1.54) is 92.9 Å². The van der Waals surface area contributed by atoms with Gasteiger partial charge in [-0.05, 0) is 118 Å². The molecule has 0 bridgehead atoms. The molecule has 0 atom stereocenters. The normalized spacial score (nSPS) is 13.1. The predicted octanol–water partition coefficient (Wildman–Crippen LogP) is 13.8. The Morgan fingerprint density at radius 1 is 0.449 bits per heavy atom. The zero-order valence-corrected chi connectivity index (χ0v) is 29.1. The Kier molecular flexibility index (Phi) is 6.86. The third kappa shape index (κ3) is 4.82. The van der Waals surface area contributed by atoms with Crippen molar-refractivity contribution in [2.75, 3.05) is 4.90 Å². The zero-order valence-electron chi connectivity index (χ0n) is 28.3. The Hall–Kier alpha value is -5.44. The lowest BCUT2D eigenvalue weighted by molar-refractivity contribution is 0.660. The summed E-state index contributed by atoms with van der Waals surface area (Å²) in [6.45, 7) is 9.24. The van der Waals surface area contributed by atoms with Crippen LogP contribution >= 0.6 is 11.3 Å². The summed E-state index contributed by atoms with van der Waals surface area (Å²) in [6.07, 6.45) is 0. The molecule has 0 amide bonds. The van der Waals surface area contributed by atoms with Gasteiger partial charge in [0.25, 0.3) is 0 Å². The molecule has 0 saturated carbocycles. The van der Waals surface area contributed by atoms with Gasteiger partial charge in [0.1, 0.15) is 0 Å². The second kappa shape index (κ2) is 11.3. The Morgan fingerprint density at radius 3 is 2.00 bits per heavy atom. The minimum absolute atomic E-state index is 0.0817. The van der Waals surface area contributed by atoms with Crippen LogP contribution in [0.4, 0.5) is 17.1 Å². The summed E-state index contributed by atoms with van der Waals surface area (Å²) in [5.41, 5.74) is 16.4. The van der Waals surface area contributed by atoms with Crippen LogP contribution in [0.15, 0.2) is 152 Å². The van der Waals surface area contributed by atoms with Crippen LogP contribution in [0.5, 0.6) is 0 Å². The molecule has 0 spiro atoms. The molecule has 0 fully saturated rings. The average molecular weight is 648 g/mol. The maximum Gasteiger partial charge on any atom is 0.0493 e. The van der Waals surface area contributed by atoms with Crippen molar-refractivity contribution in [3.05, 3.63) is 174 Å². The molecule has 0 radical (unpaired) electrons. The maximum atomic E-state index is 2.48. The second-order valence-electron chi connectivity index (χ2n) is 13.9. The maximum absolute atomic E-state index is 2.48. The van der Waals surface area contributed by atoms with Gasteiger partial charge < -0.3 is 4.90 Å². The summed E-state index contributed by atoms with van der Waals surface area (Å²) in [5.74, 6) is 0. The average Bonchev–Trinajstić information content (AvgIpc) is 3.61. The molecule has 0 unspecified atom stereocenters. The fraction of sp³-hybridized carbons (Fsp3) is 0.106. The Labute approximate surface area is 292 Å². The second-order valence-corrected chi connectivity index (χ2v) is 15.0. The molecule has 1 heterocycles. The molecule has 1 aliphatic carbocycles. The fourth-order valence-corrected chi connectivity index (χ4v) is 9.10. The van der Waals surface area contributed by atoms with Crippen molar-refractivity contribution < 1.29 is 0 Å². The van der Waals surface area contributed by atoms with E-state index >= 15 is 0 Å². The van der Waals surface area contributed by atoms with Crippen LogP contribution < -0.4 is 4.90 Å². The highest BCUT2D eigenvalue weighted by Gasteiger charge is 2.35. The standard InChI is InChI=1S/C47H37NS/c1-30-26-44(31(2)25-41(30)34-16-12-15-33(27-34)32-13-6-5-7-14-32)48(36-22-24-40-39-18-9-11-20-45(39)49-46(40)29-36)35-21-23-38-37-17-8-10-19-42(37)47(3,4)43(38)28-35/h5-29H,1-4H3. The Bertz CT molecular complexity index is 2550. The number of nitrogens with zero attached hydrogens (tertiary/aromatic N) is 1. The van der Waals surface area contributed by atoms with Gasteiger partial charge in [-0.3, -0.25) is 0 Å². The first-order valence-corrected chi connectivity index (χ1v) is 17.9. The molecular formula is C47H37NS. The quantitative estimate of drug-likeness (QED) is 0.180. The topological polar surface area (TPSA) is 3.24 Å². The molecule has 236 valence electrons. The van der Waals surface area contributed by atoms with Gasteiger partial charge in [-0.2, -0.15) is 0 Å². The molecule has 2 heteroatoms. The van der Waals surface area contributed by atoms with Crippen LogP contribution in [0, 0.1) is 13.8 Å². The number of hydrogen-bond donors (Lipinski definition) is 0. The molecule has 0 saturated heterocycles. The van der Waals surface area contributed by atoms with E-state index in [9.17, 15) is 0 Å². The molecular weight excluding hydrogens is 611 g/mol. The number of fused-ring (bicyclic) bond motifs is 6. The molecule has 1 nitrogen and oxygen atoms in total. The lowest BCUT2D eigenvalue weighted by atomic mass is 9.82. The van der Waals surface area contributed by atoms with Crippen LogP contribution in [0.1, 0.15) is 36.1 Å². The Balaban J connectivity index is 1.22. The van der Waals surface area contributed by atoms with Gasteiger partial charge in [0, 0.05) is 42.6 Å². The van der Waals surface area contributed by atoms with Gasteiger partial charge in [0.05, 0.1) is 0 Å². The van der Waals surface area contributed by atoms with Crippen molar-refractivity contribution in [2.24, 2.45) is 0 Å². The Morgan fingerprint density at radius 2 is 1.12 bits per heavy atom. The first kappa shape index (κ1) is 29.7. The largest absolute Gasteiger partial charge is 0.310 e. The molecule has 8 aromatic rings. The highest BCUT2D eigenvalue weighted by Crippen LogP contribution is 2.51. The number of anilines is 3. The van der Waals surface area contributed by atoms with E-state index < -0.39 is 0 Å². The van der Waals surface area contributed by atoms with Crippen LogP contribution in [-0.2, 0) is 5.41 Å². The van der Waals surface area contributed by atoms with Gasteiger partial charge >= 0.3 is 0 Å². The molecule has 0 N–H and O–H groups in total. The lowest BCUT2D eigenvalue weighted by Crippen LogP contribution is -2.17. The zero-order chi connectivity index (χ0) is 33.3. The smallest absolute Gasteiger partial charge is 0.0493 e. The van der Waals surface area contributed by atoms with Gasteiger partial charge in [-0.1, -0.05) is 117 Å². The van der Waals surface area contributed by atoms with E-state index in [-0.39, 0.29) is 5.41 Å². The summed E-state index contributed by atoms with van der Waals surface area (Å²) in [4.78, 5) is 2.48. The highest BCUT2D eigenvalue weighted by atomic mass is 32.1. The van der Waals surface area contributed by atoms with E-state index in [2.05, 4.69) is 184 Å². The molecule has 7 aromatic carbocycles. The van der Waals surface area contributed by atoms with Gasteiger partial charge in [0.2, 0.25) is 0 Å². The van der Waals surface area contributed by atoms with Crippen molar-refractivity contribution in [1.82, 2.24) is 0 Å². The minimum Gasteiger partial charge on any atom is -0.310 e.